The Morgan fingerprint density at radius 2 is 1.71 bits per heavy atom. The van der Waals surface area contributed by atoms with Gasteiger partial charge in [-0.1, -0.05) is 17.7 Å². The van der Waals surface area contributed by atoms with Crippen molar-refractivity contribution >= 4 is 11.8 Å². The molecule has 0 radical (unpaired) electrons. The molecule has 2 aromatic carbocycles. The lowest BCUT2D eigenvalue weighted by Gasteiger charge is -2.32. The lowest BCUT2D eigenvalue weighted by molar-refractivity contribution is -0.122. The lowest BCUT2D eigenvalue weighted by Crippen LogP contribution is -2.46. The van der Waals surface area contributed by atoms with Gasteiger partial charge < -0.3 is 15.0 Å². The molecule has 1 aliphatic heterocycles. The fraction of sp³-hybridized carbons (Fsp3) is 0.391. The summed E-state index contributed by atoms with van der Waals surface area (Å²) < 4.78 is 45.9. The summed E-state index contributed by atoms with van der Waals surface area (Å²) in [6.07, 6.45) is 1.91. The summed E-state index contributed by atoms with van der Waals surface area (Å²) in [4.78, 5) is 25.9. The van der Waals surface area contributed by atoms with Crippen LogP contribution < -0.4 is 10.1 Å². The van der Waals surface area contributed by atoms with Crippen LogP contribution in [0.2, 0.25) is 0 Å². The van der Waals surface area contributed by atoms with Crippen LogP contribution in [-0.2, 0) is 4.79 Å². The van der Waals surface area contributed by atoms with Gasteiger partial charge in [0, 0.05) is 25.6 Å². The van der Waals surface area contributed by atoms with Gasteiger partial charge in [0.25, 0.3) is 5.91 Å². The number of piperidine rings is 1. The molecule has 8 heteroatoms. The smallest absolute Gasteiger partial charge is 0.256 e. The molecule has 0 saturated carbocycles. The molecule has 0 aliphatic carbocycles. The molecule has 2 aromatic rings. The van der Waals surface area contributed by atoms with E-state index >= 15 is 0 Å². The molecule has 1 heterocycles. The molecule has 0 atom stereocenters. The molecule has 0 aromatic heterocycles. The summed E-state index contributed by atoms with van der Waals surface area (Å²) in [5.74, 6) is -4.48. The van der Waals surface area contributed by atoms with E-state index in [1.807, 2.05) is 31.2 Å². The first kappa shape index (κ1) is 22.7. The van der Waals surface area contributed by atoms with E-state index in [0.29, 0.717) is 45.4 Å². The van der Waals surface area contributed by atoms with Crippen LogP contribution in [0.3, 0.4) is 0 Å². The van der Waals surface area contributed by atoms with Crippen molar-refractivity contribution in [1.29, 1.82) is 0 Å². The molecule has 1 N–H and O–H groups in total. The number of hydrogen-bond donors (Lipinski definition) is 1. The molecule has 0 unspecified atom stereocenters. The van der Waals surface area contributed by atoms with Crippen LogP contribution in [0.25, 0.3) is 0 Å². The second-order valence-electron chi connectivity index (χ2n) is 7.62. The van der Waals surface area contributed by atoms with Gasteiger partial charge in [-0.2, -0.15) is 0 Å². The van der Waals surface area contributed by atoms with Crippen molar-refractivity contribution in [3.05, 3.63) is 65.0 Å². The van der Waals surface area contributed by atoms with Gasteiger partial charge in [0.15, 0.2) is 17.5 Å². The van der Waals surface area contributed by atoms with Gasteiger partial charge in [0.2, 0.25) is 5.91 Å². The molecule has 0 spiro atoms. The Labute approximate surface area is 179 Å². The van der Waals surface area contributed by atoms with E-state index < -0.39 is 28.9 Å². The average Bonchev–Trinajstić information content (AvgIpc) is 2.76. The number of aryl methyl sites for hydroxylation is 1. The van der Waals surface area contributed by atoms with Crippen LogP contribution in [0.1, 0.15) is 41.6 Å². The van der Waals surface area contributed by atoms with Crippen LogP contribution in [0.5, 0.6) is 5.75 Å². The van der Waals surface area contributed by atoms with Crippen molar-refractivity contribution in [2.24, 2.45) is 0 Å². The van der Waals surface area contributed by atoms with E-state index in [-0.39, 0.29) is 11.9 Å². The molecule has 1 aliphatic rings. The van der Waals surface area contributed by atoms with Gasteiger partial charge in [0.1, 0.15) is 5.75 Å². The Hall–Kier alpha value is -3.03. The molecule has 2 amide bonds. The zero-order valence-electron chi connectivity index (χ0n) is 17.3. The number of amides is 2. The normalized spacial score (nSPS) is 14.4. The zero-order chi connectivity index (χ0) is 22.4. The number of halogens is 3. The van der Waals surface area contributed by atoms with Gasteiger partial charge in [0.05, 0.1) is 12.2 Å². The Balaban J connectivity index is 1.38. The Kier molecular flexibility index (Phi) is 7.55. The van der Waals surface area contributed by atoms with E-state index in [9.17, 15) is 22.8 Å². The van der Waals surface area contributed by atoms with E-state index in [4.69, 9.17) is 4.74 Å². The van der Waals surface area contributed by atoms with Gasteiger partial charge in [-0.05, 0) is 50.5 Å². The maximum Gasteiger partial charge on any atom is 0.256 e. The van der Waals surface area contributed by atoms with Crippen molar-refractivity contribution < 1.29 is 27.5 Å². The number of carbonyl (C=O) groups excluding carboxylic acids is 2. The highest BCUT2D eigenvalue weighted by Crippen LogP contribution is 2.20. The quantitative estimate of drug-likeness (QED) is 0.530. The highest BCUT2D eigenvalue weighted by Gasteiger charge is 2.27. The Morgan fingerprint density at radius 3 is 2.39 bits per heavy atom. The predicted octanol–water partition coefficient (Wildman–Crippen LogP) is 3.99. The minimum atomic E-state index is -1.65. The molecular formula is C23H25F3N2O3. The number of nitrogens with zero attached hydrogens (tertiary/aromatic N) is 1. The van der Waals surface area contributed by atoms with Crippen molar-refractivity contribution in [2.45, 2.75) is 38.6 Å². The SMILES string of the molecule is Cc1ccc(OCCCC(=O)NC2CCN(C(=O)c3ccc(F)c(F)c3F)CC2)cc1. The van der Waals surface area contributed by atoms with Crippen LogP contribution >= 0.6 is 0 Å². The Bertz CT molecular complexity index is 926. The number of likely N-dealkylation sites (tertiary alicyclic amines) is 1. The van der Waals surface area contributed by atoms with Gasteiger partial charge in [-0.25, -0.2) is 13.2 Å². The van der Waals surface area contributed by atoms with Crippen LogP contribution in [0.15, 0.2) is 36.4 Å². The second kappa shape index (κ2) is 10.3. The third kappa shape index (κ3) is 5.99. The third-order valence-corrected chi connectivity index (χ3v) is 5.25. The van der Waals surface area contributed by atoms with E-state index in [2.05, 4.69) is 5.32 Å². The molecule has 166 valence electrons. The summed E-state index contributed by atoms with van der Waals surface area (Å²) in [5.41, 5.74) is 0.657. The monoisotopic (exact) mass is 434 g/mol. The fourth-order valence-electron chi connectivity index (χ4n) is 3.45. The second-order valence-corrected chi connectivity index (χ2v) is 7.62. The maximum atomic E-state index is 13.9. The summed E-state index contributed by atoms with van der Waals surface area (Å²) >= 11 is 0. The average molecular weight is 434 g/mol. The fourth-order valence-corrected chi connectivity index (χ4v) is 3.45. The first-order chi connectivity index (χ1) is 14.8. The first-order valence-electron chi connectivity index (χ1n) is 10.3. The number of ether oxygens (including phenoxy) is 1. The number of nitrogens with one attached hydrogen (secondary N) is 1. The third-order valence-electron chi connectivity index (χ3n) is 5.25. The first-order valence-corrected chi connectivity index (χ1v) is 10.3. The summed E-state index contributed by atoms with van der Waals surface area (Å²) in [5, 5.41) is 2.94. The number of hydrogen-bond acceptors (Lipinski definition) is 3. The topological polar surface area (TPSA) is 58.6 Å². The van der Waals surface area contributed by atoms with Crippen molar-refractivity contribution in [2.75, 3.05) is 19.7 Å². The standard InChI is InChI=1S/C23H25F3N2O3/c1-15-4-6-17(7-5-15)31-14-2-3-20(29)27-16-10-12-28(13-11-16)23(30)18-8-9-19(24)22(26)21(18)25/h4-9,16H,2-3,10-14H2,1H3,(H,27,29). The molecule has 0 bridgehead atoms. The van der Waals surface area contributed by atoms with E-state index in [0.717, 1.165) is 23.4 Å². The number of benzene rings is 2. The van der Waals surface area contributed by atoms with Gasteiger partial charge in [-0.15, -0.1) is 0 Å². The summed E-state index contributed by atoms with van der Waals surface area (Å²) in [6.45, 7) is 3.01. The molecule has 1 fully saturated rings. The zero-order valence-corrected chi connectivity index (χ0v) is 17.3. The predicted molar refractivity (Wildman–Crippen MR) is 109 cm³/mol. The lowest BCUT2D eigenvalue weighted by atomic mass is 10.0. The maximum absolute atomic E-state index is 13.9. The van der Waals surface area contributed by atoms with Gasteiger partial charge >= 0.3 is 0 Å². The molecule has 1 saturated heterocycles. The van der Waals surface area contributed by atoms with Crippen molar-refractivity contribution in [1.82, 2.24) is 10.2 Å². The highest BCUT2D eigenvalue weighted by molar-refractivity contribution is 5.94. The highest BCUT2D eigenvalue weighted by atomic mass is 19.2. The summed E-state index contributed by atoms with van der Waals surface area (Å²) in [6, 6.07) is 9.28. The molecule has 3 rings (SSSR count). The molecule has 31 heavy (non-hydrogen) atoms. The van der Waals surface area contributed by atoms with E-state index in [1.54, 1.807) is 0 Å². The van der Waals surface area contributed by atoms with Gasteiger partial charge in [-0.3, -0.25) is 9.59 Å². The largest absolute Gasteiger partial charge is 0.494 e. The minimum Gasteiger partial charge on any atom is -0.494 e. The van der Waals surface area contributed by atoms with Crippen LogP contribution in [0.4, 0.5) is 13.2 Å². The summed E-state index contributed by atoms with van der Waals surface area (Å²) in [7, 11) is 0. The van der Waals surface area contributed by atoms with Crippen molar-refractivity contribution in [3.8, 4) is 5.75 Å². The van der Waals surface area contributed by atoms with Crippen LogP contribution in [0, 0.1) is 24.4 Å². The van der Waals surface area contributed by atoms with Crippen molar-refractivity contribution in [3.63, 3.8) is 0 Å². The number of rotatable bonds is 7. The van der Waals surface area contributed by atoms with E-state index in [1.165, 1.54) is 4.90 Å². The molecule has 5 nitrogen and oxygen atoms in total. The number of carbonyl (C=O) groups is 2. The van der Waals surface area contributed by atoms with Crippen LogP contribution in [-0.4, -0.2) is 42.5 Å². The Morgan fingerprint density at radius 1 is 1.03 bits per heavy atom. The minimum absolute atomic E-state index is 0.0932. The molecular weight excluding hydrogens is 409 g/mol.